The Balaban J connectivity index is 3.67. The molecule has 0 saturated carbocycles. The Bertz CT molecular complexity index is 283. The van der Waals surface area contributed by atoms with Gasteiger partial charge in [-0.05, 0) is 25.2 Å². The van der Waals surface area contributed by atoms with Crippen LogP contribution in [-0.4, -0.2) is 12.6 Å². The quantitative estimate of drug-likeness (QED) is 0.197. The molecule has 0 saturated heterocycles. The van der Waals surface area contributed by atoms with Crippen LogP contribution < -0.4 is 0 Å². The van der Waals surface area contributed by atoms with E-state index in [1.807, 2.05) is 0 Å². The van der Waals surface area contributed by atoms with Gasteiger partial charge in [-0.15, -0.1) is 0 Å². The van der Waals surface area contributed by atoms with Crippen LogP contribution in [0, 0.1) is 5.92 Å². The molecule has 2 nitrogen and oxygen atoms in total. The van der Waals surface area contributed by atoms with Gasteiger partial charge in [0, 0.05) is 5.57 Å². The first kappa shape index (κ1) is 21.2. The molecule has 0 radical (unpaired) electrons. The van der Waals surface area contributed by atoms with Crippen LogP contribution in [0.1, 0.15) is 97.8 Å². The number of hydrogen-bond acceptors (Lipinski definition) is 2. The number of unbranched alkanes of at least 4 members (excludes halogenated alkanes) is 7. The zero-order chi connectivity index (χ0) is 16.6. The third kappa shape index (κ3) is 11.8. The van der Waals surface area contributed by atoms with Crippen molar-refractivity contribution < 1.29 is 9.53 Å². The maximum absolute atomic E-state index is 11.9. The highest BCUT2D eigenvalue weighted by molar-refractivity contribution is 5.87. The summed E-state index contributed by atoms with van der Waals surface area (Å²) in [5.74, 6) is 0.330. The highest BCUT2D eigenvalue weighted by Crippen LogP contribution is 2.15. The molecule has 0 rings (SSSR count). The Morgan fingerprint density at radius 3 is 2.09 bits per heavy atom. The zero-order valence-corrected chi connectivity index (χ0v) is 15.3. The summed E-state index contributed by atoms with van der Waals surface area (Å²) in [6.45, 7) is 11.1. The molecule has 0 aliphatic heterocycles. The van der Waals surface area contributed by atoms with Crippen LogP contribution in [0.3, 0.4) is 0 Å². The molecule has 0 aromatic carbocycles. The van der Waals surface area contributed by atoms with Gasteiger partial charge in [-0.25, -0.2) is 4.79 Å². The first-order chi connectivity index (χ1) is 10.7. The van der Waals surface area contributed by atoms with Gasteiger partial charge >= 0.3 is 5.97 Å². The molecule has 0 fully saturated rings. The molecule has 1 atom stereocenters. The van der Waals surface area contributed by atoms with Gasteiger partial charge in [0.2, 0.25) is 0 Å². The predicted molar refractivity (Wildman–Crippen MR) is 96.0 cm³/mol. The lowest BCUT2D eigenvalue weighted by Gasteiger charge is -2.15. The van der Waals surface area contributed by atoms with Crippen molar-refractivity contribution >= 4 is 5.97 Å². The molecule has 1 unspecified atom stereocenters. The first-order valence-electron chi connectivity index (χ1n) is 9.50. The Hall–Kier alpha value is -0.790. The van der Waals surface area contributed by atoms with Crippen molar-refractivity contribution in [3.63, 3.8) is 0 Å². The van der Waals surface area contributed by atoms with Crippen molar-refractivity contribution in [2.75, 3.05) is 6.61 Å². The fourth-order valence-electron chi connectivity index (χ4n) is 2.59. The number of hydrogen-bond donors (Lipinski definition) is 0. The summed E-state index contributed by atoms with van der Waals surface area (Å²) in [4.78, 5) is 11.9. The lowest BCUT2D eigenvalue weighted by atomic mass is 10.0. The van der Waals surface area contributed by atoms with E-state index in [0.29, 0.717) is 18.1 Å². The van der Waals surface area contributed by atoms with Crippen molar-refractivity contribution in [1.82, 2.24) is 0 Å². The van der Waals surface area contributed by atoms with Gasteiger partial charge in [0.15, 0.2) is 0 Å². The molecular weight excluding hydrogens is 272 g/mol. The molecule has 0 spiro atoms. The lowest BCUT2D eigenvalue weighted by molar-refractivity contribution is -0.140. The van der Waals surface area contributed by atoms with E-state index in [4.69, 9.17) is 4.74 Å². The molecule has 0 heterocycles. The molecule has 0 amide bonds. The van der Waals surface area contributed by atoms with Crippen molar-refractivity contribution in [3.8, 4) is 0 Å². The summed E-state index contributed by atoms with van der Waals surface area (Å²) in [7, 11) is 0. The van der Waals surface area contributed by atoms with E-state index >= 15 is 0 Å². The molecule has 0 aromatic rings. The SMILES string of the molecule is C=C(CCCCCCCCC)C(=O)OCC(CC)CCCC. The van der Waals surface area contributed by atoms with Crippen LogP contribution in [0.4, 0.5) is 0 Å². The molecule has 2 heteroatoms. The number of carbonyl (C=O) groups excluding carboxylic acids is 1. The Morgan fingerprint density at radius 2 is 1.50 bits per heavy atom. The second-order valence-electron chi connectivity index (χ2n) is 6.49. The molecule has 0 aliphatic rings. The van der Waals surface area contributed by atoms with Crippen LogP contribution in [-0.2, 0) is 9.53 Å². The summed E-state index contributed by atoms with van der Waals surface area (Å²) >= 11 is 0. The minimum atomic E-state index is -0.180. The smallest absolute Gasteiger partial charge is 0.333 e. The van der Waals surface area contributed by atoms with E-state index in [1.165, 1.54) is 51.4 Å². The normalized spacial score (nSPS) is 12.1. The van der Waals surface area contributed by atoms with Crippen LogP contribution in [0.5, 0.6) is 0 Å². The van der Waals surface area contributed by atoms with Crippen LogP contribution in [0.25, 0.3) is 0 Å². The number of rotatable bonds is 15. The van der Waals surface area contributed by atoms with Crippen LogP contribution in [0.2, 0.25) is 0 Å². The minimum Gasteiger partial charge on any atom is -0.462 e. The topological polar surface area (TPSA) is 26.3 Å². The average Bonchev–Trinajstić information content (AvgIpc) is 2.53. The van der Waals surface area contributed by atoms with Crippen molar-refractivity contribution in [1.29, 1.82) is 0 Å². The van der Waals surface area contributed by atoms with E-state index in [1.54, 1.807) is 0 Å². The summed E-state index contributed by atoms with van der Waals surface area (Å²) in [5, 5.41) is 0. The van der Waals surface area contributed by atoms with Gasteiger partial charge in [0.05, 0.1) is 6.61 Å². The molecular formula is C20H38O2. The zero-order valence-electron chi connectivity index (χ0n) is 15.3. The third-order valence-electron chi connectivity index (χ3n) is 4.36. The van der Waals surface area contributed by atoms with Crippen molar-refractivity contribution in [2.24, 2.45) is 5.92 Å². The molecule has 0 bridgehead atoms. The monoisotopic (exact) mass is 310 g/mol. The maximum atomic E-state index is 11.9. The fraction of sp³-hybridized carbons (Fsp3) is 0.850. The summed E-state index contributed by atoms with van der Waals surface area (Å²) < 4.78 is 5.43. The number of esters is 1. The minimum absolute atomic E-state index is 0.180. The van der Waals surface area contributed by atoms with E-state index in [-0.39, 0.29) is 5.97 Å². The standard InChI is InChI=1S/C20H38O2/c1-5-8-10-11-12-13-14-15-18(4)20(21)22-17-19(7-3)16-9-6-2/h19H,4-17H2,1-3H3. The second-order valence-corrected chi connectivity index (χ2v) is 6.49. The van der Waals surface area contributed by atoms with Crippen molar-refractivity contribution in [2.45, 2.75) is 97.8 Å². The van der Waals surface area contributed by atoms with Crippen LogP contribution in [0.15, 0.2) is 12.2 Å². The first-order valence-corrected chi connectivity index (χ1v) is 9.50. The van der Waals surface area contributed by atoms with Crippen LogP contribution >= 0.6 is 0 Å². The largest absolute Gasteiger partial charge is 0.462 e. The van der Waals surface area contributed by atoms with Gasteiger partial charge in [-0.3, -0.25) is 0 Å². The molecule has 0 aromatic heterocycles. The molecule has 130 valence electrons. The third-order valence-corrected chi connectivity index (χ3v) is 4.36. The summed E-state index contributed by atoms with van der Waals surface area (Å²) in [6.07, 6.45) is 14.3. The maximum Gasteiger partial charge on any atom is 0.333 e. The molecule has 0 aliphatic carbocycles. The predicted octanol–water partition coefficient (Wildman–Crippen LogP) is 6.44. The molecule has 22 heavy (non-hydrogen) atoms. The Morgan fingerprint density at radius 1 is 0.909 bits per heavy atom. The van der Waals surface area contributed by atoms with Gasteiger partial charge in [-0.1, -0.05) is 85.1 Å². The fourth-order valence-corrected chi connectivity index (χ4v) is 2.59. The van der Waals surface area contributed by atoms with Gasteiger partial charge < -0.3 is 4.74 Å². The molecule has 0 N–H and O–H groups in total. The number of carbonyl (C=O) groups is 1. The van der Waals surface area contributed by atoms with Gasteiger partial charge in [0.1, 0.15) is 0 Å². The summed E-state index contributed by atoms with van der Waals surface area (Å²) in [6, 6.07) is 0. The van der Waals surface area contributed by atoms with E-state index in [2.05, 4.69) is 27.4 Å². The van der Waals surface area contributed by atoms with Crippen molar-refractivity contribution in [3.05, 3.63) is 12.2 Å². The second kappa shape index (κ2) is 15.1. The number of ether oxygens (including phenoxy) is 1. The van der Waals surface area contributed by atoms with E-state index < -0.39 is 0 Å². The van der Waals surface area contributed by atoms with Gasteiger partial charge in [-0.2, -0.15) is 0 Å². The Kier molecular flexibility index (Phi) is 14.6. The highest BCUT2D eigenvalue weighted by Gasteiger charge is 2.12. The summed E-state index contributed by atoms with van der Waals surface area (Å²) in [5.41, 5.74) is 0.652. The van der Waals surface area contributed by atoms with E-state index in [9.17, 15) is 4.79 Å². The lowest BCUT2D eigenvalue weighted by Crippen LogP contribution is -2.15. The highest BCUT2D eigenvalue weighted by atomic mass is 16.5. The Labute approximate surface area is 138 Å². The van der Waals surface area contributed by atoms with E-state index in [0.717, 1.165) is 25.7 Å². The van der Waals surface area contributed by atoms with Gasteiger partial charge in [0.25, 0.3) is 0 Å². The average molecular weight is 311 g/mol.